The molecule has 3 heteroatoms. The molecule has 0 bridgehead atoms. The summed E-state index contributed by atoms with van der Waals surface area (Å²) in [6, 6.07) is 0.128. The van der Waals surface area contributed by atoms with E-state index < -0.39 is 0 Å². The normalized spacial score (nSPS) is 22.6. The monoisotopic (exact) mass is 197 g/mol. The zero-order valence-electron chi connectivity index (χ0n) is 9.59. The maximum Gasteiger partial charge on any atom is 0.108 e. The second kappa shape index (κ2) is 4.78. The van der Waals surface area contributed by atoms with Crippen molar-refractivity contribution in [2.75, 3.05) is 13.1 Å². The van der Waals surface area contributed by atoms with Crippen LogP contribution in [0.3, 0.4) is 0 Å². The van der Waals surface area contributed by atoms with E-state index in [0.29, 0.717) is 5.84 Å². The zero-order chi connectivity index (χ0) is 10.7. The first-order chi connectivity index (χ1) is 6.52. The van der Waals surface area contributed by atoms with Crippen LogP contribution >= 0.6 is 0 Å². The predicted octanol–water partition coefficient (Wildman–Crippen LogP) is 1.68. The molecule has 1 unspecified atom stereocenters. The summed E-state index contributed by atoms with van der Waals surface area (Å²) < 4.78 is 0. The first-order valence-corrected chi connectivity index (χ1v) is 5.60. The molecule has 3 N–H and O–H groups in total. The molecule has 1 atom stereocenters. The molecule has 0 aromatic rings. The average molecular weight is 197 g/mol. The number of amidine groups is 1. The number of nitrogens with zero attached hydrogens (tertiary/aromatic N) is 1. The summed E-state index contributed by atoms with van der Waals surface area (Å²) in [5, 5.41) is 7.41. The van der Waals surface area contributed by atoms with E-state index in [1.165, 1.54) is 12.8 Å². The van der Waals surface area contributed by atoms with Crippen LogP contribution in [0.5, 0.6) is 0 Å². The minimum Gasteiger partial charge on any atom is -0.386 e. The summed E-state index contributed by atoms with van der Waals surface area (Å²) in [4.78, 5) is 2.32. The maximum absolute atomic E-state index is 7.41. The first-order valence-electron chi connectivity index (χ1n) is 5.60. The molecule has 1 saturated heterocycles. The van der Waals surface area contributed by atoms with Gasteiger partial charge in [-0.2, -0.15) is 0 Å². The van der Waals surface area contributed by atoms with Gasteiger partial charge in [-0.15, -0.1) is 0 Å². The molecule has 1 rings (SSSR count). The molecule has 1 aliphatic heterocycles. The standard InChI is InChI=1S/C11H23N3/c1-8(2)10-4-6-14(7-5-10)9(3)11(12)13/h8-10H,4-7H2,1-3H3,(H3,12,13). The molecule has 82 valence electrons. The van der Waals surface area contributed by atoms with Gasteiger partial charge < -0.3 is 5.73 Å². The van der Waals surface area contributed by atoms with Gasteiger partial charge in [-0.05, 0) is 44.7 Å². The van der Waals surface area contributed by atoms with Crippen molar-refractivity contribution in [1.29, 1.82) is 5.41 Å². The number of nitrogens with one attached hydrogen (secondary N) is 1. The first kappa shape index (κ1) is 11.5. The van der Waals surface area contributed by atoms with Crippen molar-refractivity contribution >= 4 is 5.84 Å². The summed E-state index contributed by atoms with van der Waals surface area (Å²) in [6.45, 7) is 8.83. The van der Waals surface area contributed by atoms with Crippen molar-refractivity contribution in [2.45, 2.75) is 39.7 Å². The van der Waals surface area contributed by atoms with Crippen molar-refractivity contribution < 1.29 is 0 Å². The highest BCUT2D eigenvalue weighted by Gasteiger charge is 2.25. The highest BCUT2D eigenvalue weighted by Crippen LogP contribution is 2.25. The van der Waals surface area contributed by atoms with E-state index in [0.717, 1.165) is 24.9 Å². The van der Waals surface area contributed by atoms with E-state index in [4.69, 9.17) is 11.1 Å². The lowest BCUT2D eigenvalue weighted by Crippen LogP contribution is -2.46. The molecule has 0 aromatic heterocycles. The van der Waals surface area contributed by atoms with Gasteiger partial charge in [-0.3, -0.25) is 10.3 Å². The van der Waals surface area contributed by atoms with Crippen LogP contribution in [0.15, 0.2) is 0 Å². The van der Waals surface area contributed by atoms with E-state index in [1.54, 1.807) is 0 Å². The topological polar surface area (TPSA) is 53.1 Å². The highest BCUT2D eigenvalue weighted by molar-refractivity contribution is 5.82. The Morgan fingerprint density at radius 2 is 1.79 bits per heavy atom. The van der Waals surface area contributed by atoms with Crippen LogP contribution in [0.25, 0.3) is 0 Å². The van der Waals surface area contributed by atoms with E-state index in [2.05, 4.69) is 18.7 Å². The number of hydrogen-bond acceptors (Lipinski definition) is 2. The minimum atomic E-state index is 0.128. The number of piperidine rings is 1. The van der Waals surface area contributed by atoms with Crippen LogP contribution in [-0.2, 0) is 0 Å². The molecule has 0 aliphatic carbocycles. The van der Waals surface area contributed by atoms with Crippen LogP contribution in [-0.4, -0.2) is 29.9 Å². The molecule has 14 heavy (non-hydrogen) atoms. The van der Waals surface area contributed by atoms with Gasteiger partial charge in [0.2, 0.25) is 0 Å². The highest BCUT2D eigenvalue weighted by atomic mass is 15.2. The summed E-state index contributed by atoms with van der Waals surface area (Å²) in [6.07, 6.45) is 2.52. The van der Waals surface area contributed by atoms with Gasteiger partial charge in [0.15, 0.2) is 0 Å². The third-order valence-corrected chi connectivity index (χ3v) is 3.51. The number of rotatable bonds is 3. The second-order valence-corrected chi connectivity index (χ2v) is 4.75. The third kappa shape index (κ3) is 2.71. The zero-order valence-corrected chi connectivity index (χ0v) is 9.59. The van der Waals surface area contributed by atoms with Crippen LogP contribution in [0, 0.1) is 17.2 Å². The van der Waals surface area contributed by atoms with E-state index in [-0.39, 0.29) is 6.04 Å². The smallest absolute Gasteiger partial charge is 0.108 e. The van der Waals surface area contributed by atoms with Gasteiger partial charge >= 0.3 is 0 Å². The Labute approximate surface area is 87.2 Å². The fraction of sp³-hybridized carbons (Fsp3) is 0.909. The van der Waals surface area contributed by atoms with Crippen molar-refractivity contribution in [1.82, 2.24) is 4.90 Å². The Hall–Kier alpha value is -0.570. The average Bonchev–Trinajstić information content (AvgIpc) is 2.16. The quantitative estimate of drug-likeness (QED) is 0.534. The lowest BCUT2D eigenvalue weighted by Gasteiger charge is -2.36. The van der Waals surface area contributed by atoms with Crippen LogP contribution in [0.4, 0.5) is 0 Å². The van der Waals surface area contributed by atoms with Crippen LogP contribution < -0.4 is 5.73 Å². The molecule has 1 heterocycles. The Balaban J connectivity index is 2.39. The van der Waals surface area contributed by atoms with Gasteiger partial charge in [0, 0.05) is 0 Å². The van der Waals surface area contributed by atoms with Gasteiger partial charge in [-0.25, -0.2) is 0 Å². The third-order valence-electron chi connectivity index (χ3n) is 3.51. The molecular formula is C11H23N3. The summed E-state index contributed by atoms with van der Waals surface area (Å²) in [7, 11) is 0. The Kier molecular flexibility index (Phi) is 3.93. The molecule has 0 aromatic carbocycles. The van der Waals surface area contributed by atoms with Crippen molar-refractivity contribution in [3.63, 3.8) is 0 Å². The maximum atomic E-state index is 7.41. The molecule has 0 saturated carbocycles. The number of hydrogen-bond donors (Lipinski definition) is 2. The molecule has 1 fully saturated rings. The van der Waals surface area contributed by atoms with Gasteiger partial charge in [0.25, 0.3) is 0 Å². The Morgan fingerprint density at radius 1 is 1.29 bits per heavy atom. The van der Waals surface area contributed by atoms with Crippen molar-refractivity contribution in [2.24, 2.45) is 17.6 Å². The lowest BCUT2D eigenvalue weighted by atomic mass is 9.86. The molecular weight excluding hydrogens is 174 g/mol. The lowest BCUT2D eigenvalue weighted by molar-refractivity contribution is 0.145. The summed E-state index contributed by atoms with van der Waals surface area (Å²) in [5.41, 5.74) is 5.50. The van der Waals surface area contributed by atoms with Gasteiger partial charge in [-0.1, -0.05) is 13.8 Å². The number of nitrogens with two attached hydrogens (primary N) is 1. The summed E-state index contributed by atoms with van der Waals surface area (Å²) in [5.74, 6) is 1.96. The minimum absolute atomic E-state index is 0.128. The van der Waals surface area contributed by atoms with E-state index in [9.17, 15) is 0 Å². The molecule has 0 radical (unpaired) electrons. The molecule has 0 amide bonds. The fourth-order valence-electron chi connectivity index (χ4n) is 2.17. The molecule has 0 spiro atoms. The largest absolute Gasteiger partial charge is 0.386 e. The van der Waals surface area contributed by atoms with Crippen molar-refractivity contribution in [3.05, 3.63) is 0 Å². The summed E-state index contributed by atoms with van der Waals surface area (Å²) >= 11 is 0. The van der Waals surface area contributed by atoms with E-state index in [1.807, 2.05) is 6.92 Å². The van der Waals surface area contributed by atoms with Crippen molar-refractivity contribution in [3.8, 4) is 0 Å². The molecule has 1 aliphatic rings. The van der Waals surface area contributed by atoms with Crippen LogP contribution in [0.2, 0.25) is 0 Å². The molecule has 3 nitrogen and oxygen atoms in total. The van der Waals surface area contributed by atoms with Crippen LogP contribution in [0.1, 0.15) is 33.6 Å². The predicted molar refractivity (Wildman–Crippen MR) is 60.5 cm³/mol. The van der Waals surface area contributed by atoms with Gasteiger partial charge in [0.1, 0.15) is 5.84 Å². The second-order valence-electron chi connectivity index (χ2n) is 4.75. The SMILES string of the molecule is CC(C)C1CCN(C(C)C(=N)N)CC1. The van der Waals surface area contributed by atoms with E-state index >= 15 is 0 Å². The van der Waals surface area contributed by atoms with Gasteiger partial charge in [0.05, 0.1) is 6.04 Å². The fourth-order valence-corrected chi connectivity index (χ4v) is 2.17. The number of likely N-dealkylation sites (tertiary alicyclic amines) is 1. The Bertz CT molecular complexity index is 193. The Morgan fingerprint density at radius 3 is 2.14 bits per heavy atom.